The fraction of sp³-hybridized carbons (Fsp3) is 0.350. The first-order valence-electron chi connectivity index (χ1n) is 9.05. The Hall–Kier alpha value is -2.88. The third-order valence-corrected chi connectivity index (χ3v) is 5.43. The fourth-order valence-electron chi connectivity index (χ4n) is 2.79. The van der Waals surface area contributed by atoms with Crippen molar-refractivity contribution in [1.82, 2.24) is 5.32 Å². The van der Waals surface area contributed by atoms with Crippen molar-refractivity contribution >= 4 is 21.6 Å². The van der Waals surface area contributed by atoms with E-state index in [1.165, 1.54) is 14.0 Å². The van der Waals surface area contributed by atoms with E-state index < -0.39 is 39.6 Å². The van der Waals surface area contributed by atoms with Gasteiger partial charge in [-0.1, -0.05) is 12.1 Å². The Bertz CT molecular complexity index is 1000. The Labute approximate surface area is 174 Å². The first-order valence-corrected chi connectivity index (χ1v) is 10.9. The first kappa shape index (κ1) is 23.4. The number of anilines is 1. The van der Waals surface area contributed by atoms with Crippen molar-refractivity contribution in [3.05, 3.63) is 54.1 Å². The number of methoxy groups -OCH3 is 1. The highest BCUT2D eigenvalue weighted by atomic mass is 32.2. The Morgan fingerprint density at radius 3 is 2.30 bits per heavy atom. The summed E-state index contributed by atoms with van der Waals surface area (Å²) >= 11 is 0. The molecule has 30 heavy (non-hydrogen) atoms. The maximum atomic E-state index is 13.6. The van der Waals surface area contributed by atoms with Gasteiger partial charge in [0.15, 0.2) is 23.1 Å². The van der Waals surface area contributed by atoms with Gasteiger partial charge in [-0.2, -0.15) is 0 Å². The van der Waals surface area contributed by atoms with Crippen LogP contribution in [0.25, 0.3) is 0 Å². The predicted molar refractivity (Wildman–Crippen MR) is 109 cm³/mol. The van der Waals surface area contributed by atoms with Gasteiger partial charge in [0.05, 0.1) is 25.1 Å². The number of carbonyl (C=O) groups is 1. The molecule has 2 rings (SSSR count). The third-order valence-electron chi connectivity index (χ3n) is 4.19. The number of ether oxygens (including phenoxy) is 2. The van der Waals surface area contributed by atoms with E-state index in [9.17, 15) is 22.0 Å². The molecule has 7 nitrogen and oxygen atoms in total. The molecule has 10 heteroatoms. The van der Waals surface area contributed by atoms with E-state index in [1.54, 1.807) is 31.2 Å². The topological polar surface area (TPSA) is 84.9 Å². The summed E-state index contributed by atoms with van der Waals surface area (Å²) in [6.45, 7) is 3.14. The molecule has 0 aliphatic heterocycles. The van der Waals surface area contributed by atoms with Crippen molar-refractivity contribution in [3.8, 4) is 11.5 Å². The van der Waals surface area contributed by atoms with Gasteiger partial charge < -0.3 is 14.8 Å². The molecule has 0 saturated carbocycles. The Kier molecular flexibility index (Phi) is 7.60. The highest BCUT2D eigenvalue weighted by molar-refractivity contribution is 7.92. The van der Waals surface area contributed by atoms with Gasteiger partial charge in [0.1, 0.15) is 12.6 Å². The number of nitrogens with zero attached hydrogens (tertiary/aromatic N) is 1. The van der Waals surface area contributed by atoms with Crippen molar-refractivity contribution < 1.29 is 31.5 Å². The molecule has 2 unspecified atom stereocenters. The first-order chi connectivity index (χ1) is 14.0. The van der Waals surface area contributed by atoms with Gasteiger partial charge in [-0.05, 0) is 38.1 Å². The predicted octanol–water partition coefficient (Wildman–Crippen LogP) is 2.71. The maximum absolute atomic E-state index is 13.6. The molecule has 0 aliphatic carbocycles. The number of rotatable bonds is 9. The van der Waals surface area contributed by atoms with Crippen LogP contribution in [0.15, 0.2) is 42.5 Å². The average molecular weight is 442 g/mol. The summed E-state index contributed by atoms with van der Waals surface area (Å²) in [5.41, 5.74) is -0.156. The molecule has 0 radical (unpaired) electrons. The maximum Gasteiger partial charge on any atom is 0.243 e. The monoisotopic (exact) mass is 442 g/mol. The van der Waals surface area contributed by atoms with E-state index in [2.05, 4.69) is 5.32 Å². The number of para-hydroxylation sites is 2. The summed E-state index contributed by atoms with van der Waals surface area (Å²) < 4.78 is 62.9. The zero-order valence-electron chi connectivity index (χ0n) is 17.1. The number of carbonyl (C=O) groups excluding carboxylic acids is 1. The second kappa shape index (κ2) is 9.75. The molecule has 2 aromatic rings. The van der Waals surface area contributed by atoms with Gasteiger partial charge in [0, 0.05) is 6.07 Å². The van der Waals surface area contributed by atoms with Crippen LogP contribution in [0.2, 0.25) is 0 Å². The van der Waals surface area contributed by atoms with Gasteiger partial charge in [-0.3, -0.25) is 9.10 Å². The lowest BCUT2D eigenvalue weighted by Crippen LogP contribution is -2.50. The van der Waals surface area contributed by atoms with E-state index in [-0.39, 0.29) is 12.3 Å². The lowest BCUT2D eigenvalue weighted by atomic mass is 10.2. The molecule has 0 saturated heterocycles. The fourth-order valence-corrected chi connectivity index (χ4v) is 3.96. The number of hydrogen-bond donors (Lipinski definition) is 1. The lowest BCUT2D eigenvalue weighted by molar-refractivity contribution is -0.122. The average Bonchev–Trinajstić information content (AvgIpc) is 2.68. The summed E-state index contributed by atoms with van der Waals surface area (Å²) in [4.78, 5) is 12.6. The summed E-state index contributed by atoms with van der Waals surface area (Å²) in [7, 11) is -2.45. The number of nitrogens with one attached hydrogen (secondary N) is 1. The van der Waals surface area contributed by atoms with Crippen LogP contribution < -0.4 is 19.1 Å². The largest absolute Gasteiger partial charge is 0.493 e. The molecule has 164 valence electrons. The summed E-state index contributed by atoms with van der Waals surface area (Å²) in [5, 5.41) is 2.66. The smallest absolute Gasteiger partial charge is 0.243 e. The van der Waals surface area contributed by atoms with Gasteiger partial charge in [-0.25, -0.2) is 17.2 Å². The molecule has 1 N–H and O–H groups in total. The molecule has 1 amide bonds. The van der Waals surface area contributed by atoms with Crippen molar-refractivity contribution in [2.75, 3.05) is 24.3 Å². The zero-order chi connectivity index (χ0) is 22.5. The molecule has 0 aliphatic rings. The molecule has 0 aromatic heterocycles. The summed E-state index contributed by atoms with van der Waals surface area (Å²) in [6.07, 6.45) is 0.881. The van der Waals surface area contributed by atoms with Crippen LogP contribution in [0.4, 0.5) is 14.5 Å². The molecule has 0 spiro atoms. The van der Waals surface area contributed by atoms with Crippen molar-refractivity contribution in [2.45, 2.75) is 25.9 Å². The van der Waals surface area contributed by atoms with Crippen LogP contribution in [0, 0.1) is 11.6 Å². The minimum atomic E-state index is -3.96. The number of sulfonamides is 1. The van der Waals surface area contributed by atoms with Crippen LogP contribution in [-0.4, -0.2) is 46.4 Å². The van der Waals surface area contributed by atoms with E-state index in [4.69, 9.17) is 9.47 Å². The Morgan fingerprint density at radius 2 is 1.73 bits per heavy atom. The minimum absolute atomic E-state index is 0.100. The quantitative estimate of drug-likeness (QED) is 0.646. The van der Waals surface area contributed by atoms with Crippen LogP contribution in [0.5, 0.6) is 11.5 Å². The van der Waals surface area contributed by atoms with Gasteiger partial charge >= 0.3 is 0 Å². The van der Waals surface area contributed by atoms with E-state index in [0.717, 1.165) is 28.8 Å². The zero-order valence-corrected chi connectivity index (χ0v) is 17.9. The van der Waals surface area contributed by atoms with E-state index >= 15 is 0 Å². The van der Waals surface area contributed by atoms with E-state index in [1.807, 2.05) is 0 Å². The van der Waals surface area contributed by atoms with Gasteiger partial charge in [-0.15, -0.1) is 0 Å². The Morgan fingerprint density at radius 1 is 1.10 bits per heavy atom. The normalized spacial score (nSPS) is 13.3. The highest BCUT2D eigenvalue weighted by Crippen LogP contribution is 2.26. The van der Waals surface area contributed by atoms with Gasteiger partial charge in [0.2, 0.25) is 15.9 Å². The molecule has 2 aromatic carbocycles. The third kappa shape index (κ3) is 5.82. The van der Waals surface area contributed by atoms with Crippen LogP contribution in [0.1, 0.15) is 13.8 Å². The lowest BCUT2D eigenvalue weighted by Gasteiger charge is -2.29. The van der Waals surface area contributed by atoms with Crippen LogP contribution >= 0.6 is 0 Å². The summed E-state index contributed by atoms with van der Waals surface area (Å²) in [6, 6.07) is 7.95. The second-order valence-electron chi connectivity index (χ2n) is 6.70. The molecule has 0 bridgehead atoms. The molecular formula is C20H24F2N2O5S. The number of hydrogen-bond acceptors (Lipinski definition) is 5. The van der Waals surface area contributed by atoms with Crippen molar-refractivity contribution in [3.63, 3.8) is 0 Å². The van der Waals surface area contributed by atoms with Crippen molar-refractivity contribution in [2.24, 2.45) is 0 Å². The van der Waals surface area contributed by atoms with Crippen LogP contribution in [-0.2, 0) is 14.8 Å². The number of benzene rings is 2. The number of halogens is 2. The number of amides is 1. The Balaban J connectivity index is 2.10. The molecule has 0 heterocycles. The molecular weight excluding hydrogens is 418 g/mol. The SMILES string of the molecule is COc1ccccc1OCC(C)NC(=O)C(C)N(c1ccc(F)c(F)c1)S(C)(=O)=O. The van der Waals surface area contributed by atoms with E-state index in [0.29, 0.717) is 11.5 Å². The van der Waals surface area contributed by atoms with Gasteiger partial charge in [0.25, 0.3) is 0 Å². The second-order valence-corrected chi connectivity index (χ2v) is 8.56. The minimum Gasteiger partial charge on any atom is -0.493 e. The van der Waals surface area contributed by atoms with Crippen molar-refractivity contribution in [1.29, 1.82) is 0 Å². The standard InChI is InChI=1S/C20H24F2N2O5S/c1-13(12-29-19-8-6-5-7-18(19)28-3)23-20(25)14(2)24(30(4,26)27)15-9-10-16(21)17(22)11-15/h5-11,13-14H,12H2,1-4H3,(H,23,25). The summed E-state index contributed by atoms with van der Waals surface area (Å²) in [5.74, 6) is -1.93. The highest BCUT2D eigenvalue weighted by Gasteiger charge is 2.30. The molecule has 2 atom stereocenters. The molecule has 0 fully saturated rings. The van der Waals surface area contributed by atoms with Crippen LogP contribution in [0.3, 0.4) is 0 Å².